The third-order valence-electron chi connectivity index (χ3n) is 7.79. The van der Waals surface area contributed by atoms with Crippen LogP contribution in [0.4, 0.5) is 5.82 Å². The largest absolute Gasteiger partial charge is 0.354 e. The van der Waals surface area contributed by atoms with Crippen molar-refractivity contribution < 1.29 is 0 Å². The predicted octanol–water partition coefficient (Wildman–Crippen LogP) is 5.36. The number of rotatable bonds is 9. The van der Waals surface area contributed by atoms with Gasteiger partial charge in [0.2, 0.25) is 0 Å². The lowest BCUT2D eigenvalue weighted by molar-refractivity contribution is 0.243. The van der Waals surface area contributed by atoms with Gasteiger partial charge in [0.15, 0.2) is 0 Å². The van der Waals surface area contributed by atoms with Gasteiger partial charge in [-0.3, -0.25) is 4.90 Å². The molecular weight excluding hydrogens is 430 g/mol. The lowest BCUT2D eigenvalue weighted by atomic mass is 10.0. The van der Waals surface area contributed by atoms with Crippen LogP contribution in [-0.4, -0.2) is 58.3 Å². The molecule has 1 aliphatic heterocycles. The number of nitrogens with zero attached hydrogens (tertiary/aromatic N) is 5. The smallest absolute Gasteiger partial charge is 0.137 e. The number of aryl methyl sites for hydroxylation is 3. The molecule has 0 unspecified atom stereocenters. The Morgan fingerprint density at radius 1 is 0.914 bits per heavy atom. The summed E-state index contributed by atoms with van der Waals surface area (Å²) >= 11 is 0. The molecular formula is C30H41N5. The molecule has 2 aliphatic rings. The first-order valence-electron chi connectivity index (χ1n) is 13.5. The summed E-state index contributed by atoms with van der Waals surface area (Å²) in [6, 6.07) is 18.3. The fraction of sp³-hybridized carbons (Fsp3) is 0.500. The standard InChI is InChI=1S/C30H41N5/c1-5-29-28(22-34(26-14-15-26)21-25-13-12-23(3)20-24(25)4)30(33-18-16-32(6-2)17-19-33)35(31-29)27-10-8-7-9-11-27/h7-13,20,26H,5-6,14-19,21-22H2,1-4H3. The summed E-state index contributed by atoms with van der Waals surface area (Å²) in [6.07, 6.45) is 3.58. The van der Waals surface area contributed by atoms with Crippen molar-refractivity contribution in [2.75, 3.05) is 37.6 Å². The summed E-state index contributed by atoms with van der Waals surface area (Å²) in [4.78, 5) is 7.87. The SMILES string of the molecule is CCc1nn(-c2ccccc2)c(N2CCN(CC)CC2)c1CN(Cc1ccc(C)cc1C)C1CC1. The van der Waals surface area contributed by atoms with Gasteiger partial charge in [0.05, 0.1) is 11.4 Å². The Balaban J connectivity index is 1.52. The quantitative estimate of drug-likeness (QED) is 0.420. The molecule has 1 aromatic heterocycles. The van der Waals surface area contributed by atoms with E-state index >= 15 is 0 Å². The Labute approximate surface area is 211 Å². The van der Waals surface area contributed by atoms with E-state index in [-0.39, 0.29) is 0 Å². The normalized spacial score (nSPS) is 16.9. The van der Waals surface area contributed by atoms with Gasteiger partial charge in [-0.2, -0.15) is 5.10 Å². The topological polar surface area (TPSA) is 27.5 Å². The average molecular weight is 472 g/mol. The first kappa shape index (κ1) is 24.1. The number of aromatic nitrogens is 2. The lowest BCUT2D eigenvalue weighted by Gasteiger charge is -2.36. The molecule has 0 bridgehead atoms. The highest BCUT2D eigenvalue weighted by molar-refractivity contribution is 5.56. The molecule has 0 atom stereocenters. The van der Waals surface area contributed by atoms with Gasteiger partial charge >= 0.3 is 0 Å². The maximum Gasteiger partial charge on any atom is 0.137 e. The van der Waals surface area contributed by atoms with Gasteiger partial charge in [0.1, 0.15) is 5.82 Å². The molecule has 0 N–H and O–H groups in total. The predicted molar refractivity (Wildman–Crippen MR) is 145 cm³/mol. The van der Waals surface area contributed by atoms with Gasteiger partial charge in [0, 0.05) is 50.9 Å². The van der Waals surface area contributed by atoms with E-state index in [4.69, 9.17) is 5.10 Å². The number of benzene rings is 2. The first-order valence-corrected chi connectivity index (χ1v) is 13.5. The molecule has 5 heteroatoms. The van der Waals surface area contributed by atoms with Crippen molar-refractivity contribution >= 4 is 5.82 Å². The second kappa shape index (κ2) is 10.5. The Hall–Kier alpha value is -2.63. The molecule has 0 radical (unpaired) electrons. The van der Waals surface area contributed by atoms with E-state index in [1.807, 2.05) is 0 Å². The van der Waals surface area contributed by atoms with E-state index in [1.54, 1.807) is 0 Å². The maximum atomic E-state index is 5.22. The molecule has 35 heavy (non-hydrogen) atoms. The summed E-state index contributed by atoms with van der Waals surface area (Å²) in [6.45, 7) is 16.4. The molecule has 5 nitrogen and oxygen atoms in total. The fourth-order valence-electron chi connectivity index (χ4n) is 5.48. The molecule has 2 heterocycles. The van der Waals surface area contributed by atoms with Crippen LogP contribution in [0.2, 0.25) is 0 Å². The van der Waals surface area contributed by atoms with Crippen LogP contribution >= 0.6 is 0 Å². The zero-order valence-electron chi connectivity index (χ0n) is 22.0. The molecule has 2 aromatic carbocycles. The average Bonchev–Trinajstić information content (AvgIpc) is 3.67. The summed E-state index contributed by atoms with van der Waals surface area (Å²) in [5.74, 6) is 1.31. The molecule has 3 aromatic rings. The van der Waals surface area contributed by atoms with Gasteiger partial charge in [-0.15, -0.1) is 0 Å². The summed E-state index contributed by atoms with van der Waals surface area (Å²) in [7, 11) is 0. The molecule has 1 saturated heterocycles. The van der Waals surface area contributed by atoms with Crippen LogP contribution in [0.5, 0.6) is 0 Å². The van der Waals surface area contributed by atoms with E-state index in [9.17, 15) is 0 Å². The molecule has 2 fully saturated rings. The molecule has 186 valence electrons. The molecule has 1 saturated carbocycles. The first-order chi connectivity index (χ1) is 17.1. The van der Waals surface area contributed by atoms with E-state index in [0.717, 1.165) is 57.9 Å². The Morgan fingerprint density at radius 3 is 2.29 bits per heavy atom. The van der Waals surface area contributed by atoms with E-state index in [2.05, 4.69) is 95.6 Å². The minimum atomic E-state index is 0.685. The van der Waals surface area contributed by atoms with Crippen LogP contribution in [0.3, 0.4) is 0 Å². The van der Waals surface area contributed by atoms with Gasteiger partial charge < -0.3 is 9.80 Å². The second-order valence-electron chi connectivity index (χ2n) is 10.3. The maximum absolute atomic E-state index is 5.22. The highest BCUT2D eigenvalue weighted by Gasteiger charge is 2.33. The van der Waals surface area contributed by atoms with Crippen LogP contribution in [-0.2, 0) is 19.5 Å². The van der Waals surface area contributed by atoms with Crippen LogP contribution in [0.15, 0.2) is 48.5 Å². The van der Waals surface area contributed by atoms with E-state index < -0.39 is 0 Å². The number of likely N-dealkylation sites (N-methyl/N-ethyl adjacent to an activating group) is 1. The number of piperazine rings is 1. The van der Waals surface area contributed by atoms with Crippen molar-refractivity contribution in [2.45, 2.75) is 66.1 Å². The molecule has 0 spiro atoms. The van der Waals surface area contributed by atoms with Gasteiger partial charge in [-0.1, -0.05) is 55.8 Å². The van der Waals surface area contributed by atoms with Crippen molar-refractivity contribution in [3.8, 4) is 5.69 Å². The van der Waals surface area contributed by atoms with E-state index in [1.165, 1.54) is 46.6 Å². The number of hydrogen-bond acceptors (Lipinski definition) is 4. The third kappa shape index (κ3) is 5.31. The highest BCUT2D eigenvalue weighted by atomic mass is 15.4. The number of para-hydroxylation sites is 1. The zero-order chi connectivity index (χ0) is 24.4. The summed E-state index contributed by atoms with van der Waals surface area (Å²) in [5, 5.41) is 5.22. The lowest BCUT2D eigenvalue weighted by Crippen LogP contribution is -2.47. The van der Waals surface area contributed by atoms with Crippen molar-refractivity contribution in [3.63, 3.8) is 0 Å². The number of anilines is 1. The van der Waals surface area contributed by atoms with Crippen LogP contribution in [0.25, 0.3) is 5.69 Å². The second-order valence-corrected chi connectivity index (χ2v) is 10.3. The van der Waals surface area contributed by atoms with Crippen molar-refractivity contribution in [3.05, 3.63) is 76.5 Å². The monoisotopic (exact) mass is 471 g/mol. The minimum absolute atomic E-state index is 0.685. The van der Waals surface area contributed by atoms with Crippen LogP contribution < -0.4 is 4.90 Å². The molecule has 5 rings (SSSR count). The molecule has 1 aliphatic carbocycles. The van der Waals surface area contributed by atoms with Crippen molar-refractivity contribution in [2.24, 2.45) is 0 Å². The highest BCUT2D eigenvalue weighted by Crippen LogP contribution is 2.35. The minimum Gasteiger partial charge on any atom is -0.354 e. The van der Waals surface area contributed by atoms with Crippen molar-refractivity contribution in [1.29, 1.82) is 0 Å². The Kier molecular flexibility index (Phi) is 7.26. The summed E-state index contributed by atoms with van der Waals surface area (Å²) in [5.41, 5.74) is 8.03. The Bertz CT molecular complexity index is 1120. The van der Waals surface area contributed by atoms with Gasteiger partial charge in [-0.05, 0) is 62.9 Å². The number of hydrogen-bond donors (Lipinski definition) is 0. The van der Waals surface area contributed by atoms with Gasteiger partial charge in [-0.25, -0.2) is 4.68 Å². The zero-order valence-corrected chi connectivity index (χ0v) is 22.0. The van der Waals surface area contributed by atoms with Crippen LogP contribution in [0.1, 0.15) is 54.6 Å². The van der Waals surface area contributed by atoms with Crippen LogP contribution in [0, 0.1) is 13.8 Å². The van der Waals surface area contributed by atoms with Gasteiger partial charge in [0.25, 0.3) is 0 Å². The Morgan fingerprint density at radius 2 is 1.66 bits per heavy atom. The van der Waals surface area contributed by atoms with Crippen molar-refractivity contribution in [1.82, 2.24) is 19.6 Å². The molecule has 0 amide bonds. The fourth-order valence-corrected chi connectivity index (χ4v) is 5.48. The summed E-state index contributed by atoms with van der Waals surface area (Å²) < 4.78 is 2.23. The van der Waals surface area contributed by atoms with E-state index in [0.29, 0.717) is 6.04 Å². The third-order valence-corrected chi connectivity index (χ3v) is 7.79.